The Hall–Kier alpha value is -2.79. The van der Waals surface area contributed by atoms with Gasteiger partial charge in [-0.2, -0.15) is 0 Å². The first-order valence-corrected chi connectivity index (χ1v) is 11.1. The van der Waals surface area contributed by atoms with Gasteiger partial charge in [-0.3, -0.25) is 0 Å². The number of carbonyl (C=O) groups excluding carboxylic acids is 1. The van der Waals surface area contributed by atoms with E-state index in [1.54, 1.807) is 0 Å². The van der Waals surface area contributed by atoms with Crippen molar-refractivity contribution >= 4 is 16.9 Å². The molecule has 5 heteroatoms. The van der Waals surface area contributed by atoms with Crippen LogP contribution in [0.5, 0.6) is 0 Å². The first-order valence-electron chi connectivity index (χ1n) is 11.1. The highest BCUT2D eigenvalue weighted by Crippen LogP contribution is 2.29. The van der Waals surface area contributed by atoms with Gasteiger partial charge in [0, 0.05) is 57.0 Å². The van der Waals surface area contributed by atoms with Gasteiger partial charge in [0.15, 0.2) is 0 Å². The summed E-state index contributed by atoms with van der Waals surface area (Å²) in [6.07, 6.45) is 5.77. The Labute approximate surface area is 178 Å². The molecule has 0 bridgehead atoms. The number of urea groups is 1. The summed E-state index contributed by atoms with van der Waals surface area (Å²) >= 11 is 0. The molecule has 3 heterocycles. The van der Waals surface area contributed by atoms with Crippen molar-refractivity contribution in [2.45, 2.75) is 31.8 Å². The number of nitrogens with one attached hydrogen (secondary N) is 1. The highest BCUT2D eigenvalue weighted by molar-refractivity contribution is 5.81. The van der Waals surface area contributed by atoms with Gasteiger partial charge in [-0.1, -0.05) is 42.5 Å². The van der Waals surface area contributed by atoms with Gasteiger partial charge in [0.1, 0.15) is 0 Å². The molecule has 0 aliphatic carbocycles. The highest BCUT2D eigenvalue weighted by Gasteiger charge is 2.22. The lowest BCUT2D eigenvalue weighted by Crippen LogP contribution is -2.35. The normalized spacial score (nSPS) is 18.3. The number of aromatic nitrogens is 1. The van der Waals surface area contributed by atoms with Gasteiger partial charge in [0.05, 0.1) is 0 Å². The Balaban J connectivity index is 1.23. The van der Waals surface area contributed by atoms with Gasteiger partial charge >= 0.3 is 6.03 Å². The van der Waals surface area contributed by atoms with Crippen molar-refractivity contribution in [1.82, 2.24) is 19.7 Å². The third kappa shape index (κ3) is 4.08. The number of fused-ring (bicyclic) bond motifs is 1. The molecule has 2 aliphatic heterocycles. The number of carbonyl (C=O) groups is 1. The van der Waals surface area contributed by atoms with E-state index in [4.69, 9.17) is 0 Å². The topological polar surface area (TPSA) is 40.5 Å². The van der Waals surface area contributed by atoms with Crippen LogP contribution in [0.1, 0.15) is 30.0 Å². The van der Waals surface area contributed by atoms with E-state index in [1.165, 1.54) is 34.9 Å². The second-order valence-electron chi connectivity index (χ2n) is 8.58. The summed E-state index contributed by atoms with van der Waals surface area (Å²) in [5, 5.41) is 4.18. The SMILES string of the molecule is O=C1NCCN1Cc1ccc2ccn(C3CCN(CCc4ccccc4)CC3)c2c1. The summed E-state index contributed by atoms with van der Waals surface area (Å²) in [6, 6.07) is 20.3. The van der Waals surface area contributed by atoms with Crippen LogP contribution >= 0.6 is 0 Å². The first kappa shape index (κ1) is 19.2. The lowest BCUT2D eigenvalue weighted by molar-refractivity contribution is 0.190. The van der Waals surface area contributed by atoms with Crippen LogP contribution in [0.15, 0.2) is 60.8 Å². The van der Waals surface area contributed by atoms with Gasteiger partial charge in [-0.05, 0) is 47.9 Å². The van der Waals surface area contributed by atoms with E-state index in [0.29, 0.717) is 12.6 Å². The van der Waals surface area contributed by atoms with Crippen LogP contribution in [0.4, 0.5) is 4.79 Å². The van der Waals surface area contributed by atoms with Crippen LogP contribution in [0.3, 0.4) is 0 Å². The molecule has 5 nitrogen and oxygen atoms in total. The van der Waals surface area contributed by atoms with Crippen LogP contribution in [0.2, 0.25) is 0 Å². The predicted octanol–water partition coefficient (Wildman–Crippen LogP) is 4.05. The second kappa shape index (κ2) is 8.52. The summed E-state index contributed by atoms with van der Waals surface area (Å²) in [5.41, 5.74) is 3.94. The van der Waals surface area contributed by atoms with Gasteiger partial charge in [0.2, 0.25) is 0 Å². The molecule has 156 valence electrons. The van der Waals surface area contributed by atoms with Crippen molar-refractivity contribution < 1.29 is 4.79 Å². The minimum absolute atomic E-state index is 0.0494. The molecule has 2 aromatic carbocycles. The molecular formula is C25H30N4O. The third-order valence-electron chi connectivity index (χ3n) is 6.62. The molecule has 2 fully saturated rings. The van der Waals surface area contributed by atoms with E-state index in [9.17, 15) is 4.79 Å². The van der Waals surface area contributed by atoms with Crippen LogP contribution in [0.25, 0.3) is 10.9 Å². The highest BCUT2D eigenvalue weighted by atomic mass is 16.2. The smallest absolute Gasteiger partial charge is 0.317 e. The van der Waals surface area contributed by atoms with E-state index < -0.39 is 0 Å². The standard InChI is InChI=1S/C25H30N4O/c30-25-26-12-17-28(25)19-21-6-7-22-9-16-29(24(22)18-21)23-10-14-27(15-11-23)13-8-20-4-2-1-3-5-20/h1-7,9,16,18,23H,8,10-15,17,19H2,(H,26,30). The maximum absolute atomic E-state index is 11.9. The number of amides is 2. The fourth-order valence-corrected chi connectivity index (χ4v) is 4.85. The molecule has 30 heavy (non-hydrogen) atoms. The van der Waals surface area contributed by atoms with Crippen molar-refractivity contribution in [2.75, 3.05) is 32.7 Å². The Morgan fingerprint density at radius 2 is 1.77 bits per heavy atom. The summed E-state index contributed by atoms with van der Waals surface area (Å²) < 4.78 is 2.47. The van der Waals surface area contributed by atoms with Gasteiger partial charge in [-0.25, -0.2) is 4.79 Å². The van der Waals surface area contributed by atoms with Crippen LogP contribution in [-0.2, 0) is 13.0 Å². The summed E-state index contributed by atoms with van der Waals surface area (Å²) in [7, 11) is 0. The van der Waals surface area contributed by atoms with E-state index >= 15 is 0 Å². The molecule has 0 saturated carbocycles. The maximum atomic E-state index is 11.9. The zero-order valence-corrected chi connectivity index (χ0v) is 17.5. The van der Waals surface area contributed by atoms with Crippen molar-refractivity contribution in [1.29, 1.82) is 0 Å². The minimum atomic E-state index is 0.0494. The summed E-state index contributed by atoms with van der Waals surface area (Å²) in [5.74, 6) is 0. The molecule has 1 N–H and O–H groups in total. The number of hydrogen-bond acceptors (Lipinski definition) is 2. The fourth-order valence-electron chi connectivity index (χ4n) is 4.85. The number of benzene rings is 2. The predicted molar refractivity (Wildman–Crippen MR) is 121 cm³/mol. The van der Waals surface area contributed by atoms with Crippen molar-refractivity contribution in [3.8, 4) is 0 Å². The Kier molecular flexibility index (Phi) is 5.45. The molecule has 0 atom stereocenters. The molecule has 0 unspecified atom stereocenters. The molecule has 1 aromatic heterocycles. The lowest BCUT2D eigenvalue weighted by Gasteiger charge is -2.33. The monoisotopic (exact) mass is 402 g/mol. The van der Waals surface area contributed by atoms with E-state index in [0.717, 1.165) is 39.1 Å². The maximum Gasteiger partial charge on any atom is 0.317 e. The molecule has 0 radical (unpaired) electrons. The number of likely N-dealkylation sites (tertiary alicyclic amines) is 1. The van der Waals surface area contributed by atoms with Gasteiger partial charge < -0.3 is 19.7 Å². The first-order chi connectivity index (χ1) is 14.8. The van der Waals surface area contributed by atoms with E-state index in [2.05, 4.69) is 75.6 Å². The van der Waals surface area contributed by atoms with Crippen molar-refractivity contribution in [3.63, 3.8) is 0 Å². The number of nitrogens with zero attached hydrogens (tertiary/aromatic N) is 3. The molecule has 0 spiro atoms. The quantitative estimate of drug-likeness (QED) is 0.676. The lowest BCUT2D eigenvalue weighted by atomic mass is 10.0. The molecule has 2 aliphatic rings. The van der Waals surface area contributed by atoms with E-state index in [1.807, 2.05) is 4.90 Å². The van der Waals surface area contributed by atoms with Crippen molar-refractivity contribution in [2.24, 2.45) is 0 Å². The fraction of sp³-hybridized carbons (Fsp3) is 0.400. The zero-order chi connectivity index (χ0) is 20.3. The molecule has 3 aromatic rings. The summed E-state index contributed by atoms with van der Waals surface area (Å²) in [6.45, 7) is 5.69. The largest absolute Gasteiger partial charge is 0.344 e. The van der Waals surface area contributed by atoms with Crippen LogP contribution in [0, 0.1) is 0 Å². The van der Waals surface area contributed by atoms with Crippen LogP contribution < -0.4 is 5.32 Å². The zero-order valence-electron chi connectivity index (χ0n) is 17.5. The Morgan fingerprint density at radius 3 is 2.53 bits per heavy atom. The number of hydrogen-bond donors (Lipinski definition) is 1. The second-order valence-corrected chi connectivity index (χ2v) is 8.58. The molecule has 5 rings (SSSR count). The van der Waals surface area contributed by atoms with Gasteiger partial charge in [0.25, 0.3) is 0 Å². The van der Waals surface area contributed by atoms with E-state index in [-0.39, 0.29) is 6.03 Å². The molecule has 2 amide bonds. The third-order valence-corrected chi connectivity index (χ3v) is 6.62. The van der Waals surface area contributed by atoms with Gasteiger partial charge in [-0.15, -0.1) is 0 Å². The number of piperidine rings is 1. The van der Waals surface area contributed by atoms with Crippen LogP contribution in [-0.4, -0.2) is 53.1 Å². The molecular weight excluding hydrogens is 372 g/mol. The number of rotatable bonds is 6. The Morgan fingerprint density at radius 1 is 0.933 bits per heavy atom. The Bertz CT molecular complexity index is 1000. The average Bonchev–Trinajstić information content (AvgIpc) is 3.39. The minimum Gasteiger partial charge on any atom is -0.344 e. The molecule has 2 saturated heterocycles. The van der Waals surface area contributed by atoms with Crippen molar-refractivity contribution in [3.05, 3.63) is 71.9 Å². The summed E-state index contributed by atoms with van der Waals surface area (Å²) in [4.78, 5) is 16.4. The average molecular weight is 403 g/mol.